The lowest BCUT2D eigenvalue weighted by atomic mass is 9.96. The van der Waals surface area contributed by atoms with Crippen LogP contribution in [0.3, 0.4) is 0 Å². The summed E-state index contributed by atoms with van der Waals surface area (Å²) in [5, 5.41) is 9.66. The Morgan fingerprint density at radius 2 is 2.28 bits per heavy atom. The highest BCUT2D eigenvalue weighted by Crippen LogP contribution is 2.38. The van der Waals surface area contributed by atoms with Crippen LogP contribution in [0.15, 0.2) is 12.1 Å². The molecule has 0 spiro atoms. The van der Waals surface area contributed by atoms with E-state index in [1.54, 1.807) is 12.1 Å². The van der Waals surface area contributed by atoms with Crippen molar-refractivity contribution in [2.45, 2.75) is 31.8 Å². The standard InChI is InChI=1S/C13H16ClNO3/c1-7-4-9(10(6-15)13(16)17)12(11(14)5-7)18-8-2-3-8/h4-5,8,10H,2-3,6,15H2,1H3,(H,16,17). The molecular weight excluding hydrogens is 254 g/mol. The molecular formula is C13H16ClNO3. The number of ether oxygens (including phenoxy) is 1. The van der Waals surface area contributed by atoms with Gasteiger partial charge in [0.2, 0.25) is 0 Å². The molecule has 0 saturated heterocycles. The Labute approximate surface area is 111 Å². The zero-order valence-electron chi connectivity index (χ0n) is 10.1. The molecule has 0 amide bonds. The van der Waals surface area contributed by atoms with Crippen LogP contribution in [0.5, 0.6) is 5.75 Å². The molecule has 18 heavy (non-hydrogen) atoms. The molecule has 1 aliphatic rings. The number of aryl methyl sites for hydroxylation is 1. The lowest BCUT2D eigenvalue weighted by Gasteiger charge is -2.18. The van der Waals surface area contributed by atoms with E-state index < -0.39 is 11.9 Å². The third-order valence-corrected chi connectivity index (χ3v) is 3.22. The Morgan fingerprint density at radius 1 is 1.61 bits per heavy atom. The van der Waals surface area contributed by atoms with Crippen molar-refractivity contribution in [3.8, 4) is 5.75 Å². The third kappa shape index (κ3) is 2.76. The van der Waals surface area contributed by atoms with Gasteiger partial charge in [0.25, 0.3) is 0 Å². The second kappa shape index (κ2) is 5.16. The second-order valence-electron chi connectivity index (χ2n) is 4.61. The molecule has 1 aliphatic carbocycles. The molecule has 1 unspecified atom stereocenters. The Bertz CT molecular complexity index is 472. The van der Waals surface area contributed by atoms with E-state index in [0.717, 1.165) is 18.4 Å². The Hall–Kier alpha value is -1.26. The summed E-state index contributed by atoms with van der Waals surface area (Å²) in [6.07, 6.45) is 2.14. The van der Waals surface area contributed by atoms with Crippen LogP contribution in [0.2, 0.25) is 5.02 Å². The molecule has 4 nitrogen and oxygen atoms in total. The highest BCUT2D eigenvalue weighted by atomic mass is 35.5. The maximum Gasteiger partial charge on any atom is 0.312 e. The number of halogens is 1. The van der Waals surface area contributed by atoms with Crippen LogP contribution in [-0.4, -0.2) is 23.7 Å². The fraction of sp³-hybridized carbons (Fsp3) is 0.462. The van der Waals surface area contributed by atoms with Gasteiger partial charge in [0.15, 0.2) is 0 Å². The van der Waals surface area contributed by atoms with E-state index in [-0.39, 0.29) is 12.6 Å². The maximum atomic E-state index is 11.2. The van der Waals surface area contributed by atoms with Crippen LogP contribution in [-0.2, 0) is 4.79 Å². The number of carboxylic acids is 1. The van der Waals surface area contributed by atoms with Gasteiger partial charge in [-0.3, -0.25) is 4.79 Å². The molecule has 1 aromatic carbocycles. The molecule has 5 heteroatoms. The number of aliphatic carboxylic acids is 1. The summed E-state index contributed by atoms with van der Waals surface area (Å²) < 4.78 is 5.72. The lowest BCUT2D eigenvalue weighted by molar-refractivity contribution is -0.138. The highest BCUT2D eigenvalue weighted by molar-refractivity contribution is 6.32. The second-order valence-corrected chi connectivity index (χ2v) is 5.02. The van der Waals surface area contributed by atoms with E-state index in [2.05, 4.69) is 0 Å². The van der Waals surface area contributed by atoms with E-state index in [0.29, 0.717) is 16.3 Å². The molecule has 1 fully saturated rings. The monoisotopic (exact) mass is 269 g/mol. The van der Waals surface area contributed by atoms with Crippen LogP contribution in [0, 0.1) is 6.92 Å². The predicted octanol–water partition coefficient (Wildman–Crippen LogP) is 2.32. The summed E-state index contributed by atoms with van der Waals surface area (Å²) in [7, 11) is 0. The number of hydrogen-bond donors (Lipinski definition) is 2. The molecule has 98 valence electrons. The fourth-order valence-electron chi connectivity index (χ4n) is 1.85. The molecule has 3 N–H and O–H groups in total. The molecule has 1 saturated carbocycles. The first kappa shape index (κ1) is 13.2. The first-order valence-electron chi connectivity index (χ1n) is 5.92. The largest absolute Gasteiger partial charge is 0.489 e. The normalized spacial score (nSPS) is 16.4. The van der Waals surface area contributed by atoms with Crippen molar-refractivity contribution in [1.82, 2.24) is 0 Å². The molecule has 0 bridgehead atoms. The Balaban J connectivity index is 2.44. The zero-order chi connectivity index (χ0) is 13.3. The zero-order valence-corrected chi connectivity index (χ0v) is 10.9. The lowest BCUT2D eigenvalue weighted by Crippen LogP contribution is -2.22. The summed E-state index contributed by atoms with van der Waals surface area (Å²) in [4.78, 5) is 11.2. The minimum absolute atomic E-state index is 0.0240. The van der Waals surface area contributed by atoms with Crippen molar-refractivity contribution in [3.63, 3.8) is 0 Å². The van der Waals surface area contributed by atoms with Gasteiger partial charge < -0.3 is 15.6 Å². The van der Waals surface area contributed by atoms with Crippen molar-refractivity contribution >= 4 is 17.6 Å². The molecule has 0 radical (unpaired) electrons. The smallest absolute Gasteiger partial charge is 0.312 e. The van der Waals surface area contributed by atoms with Gasteiger partial charge in [0.05, 0.1) is 17.0 Å². The van der Waals surface area contributed by atoms with Gasteiger partial charge in [-0.1, -0.05) is 17.7 Å². The summed E-state index contributed by atoms with van der Waals surface area (Å²) in [5.74, 6) is -1.27. The Morgan fingerprint density at radius 3 is 2.78 bits per heavy atom. The average Bonchev–Trinajstić information content (AvgIpc) is 3.07. The molecule has 0 aromatic heterocycles. The topological polar surface area (TPSA) is 72.5 Å². The van der Waals surface area contributed by atoms with Crippen LogP contribution in [0.1, 0.15) is 29.9 Å². The first-order chi connectivity index (χ1) is 8.52. The van der Waals surface area contributed by atoms with Crippen LogP contribution < -0.4 is 10.5 Å². The van der Waals surface area contributed by atoms with Gasteiger partial charge in [-0.15, -0.1) is 0 Å². The third-order valence-electron chi connectivity index (χ3n) is 2.93. The van der Waals surface area contributed by atoms with Crippen molar-refractivity contribution in [2.75, 3.05) is 6.54 Å². The minimum atomic E-state index is -0.959. The SMILES string of the molecule is Cc1cc(Cl)c(OC2CC2)c(C(CN)C(=O)O)c1. The summed E-state index contributed by atoms with van der Waals surface area (Å²) in [6.45, 7) is 1.89. The number of rotatable bonds is 5. The van der Waals surface area contributed by atoms with Gasteiger partial charge in [-0.2, -0.15) is 0 Å². The Kier molecular flexibility index (Phi) is 3.78. The number of carboxylic acid groups (broad SMARTS) is 1. The molecule has 0 aliphatic heterocycles. The quantitative estimate of drug-likeness (QED) is 0.860. The maximum absolute atomic E-state index is 11.2. The van der Waals surface area contributed by atoms with E-state index in [4.69, 9.17) is 22.1 Å². The van der Waals surface area contributed by atoms with Gasteiger partial charge in [-0.25, -0.2) is 0 Å². The molecule has 2 rings (SSSR count). The summed E-state index contributed by atoms with van der Waals surface area (Å²) in [6, 6.07) is 3.56. The van der Waals surface area contributed by atoms with Crippen LogP contribution >= 0.6 is 11.6 Å². The fourth-order valence-corrected chi connectivity index (χ4v) is 2.18. The van der Waals surface area contributed by atoms with E-state index in [9.17, 15) is 9.90 Å². The van der Waals surface area contributed by atoms with E-state index in [1.807, 2.05) is 6.92 Å². The van der Waals surface area contributed by atoms with Gasteiger partial charge in [0.1, 0.15) is 5.75 Å². The van der Waals surface area contributed by atoms with Crippen LogP contribution in [0.4, 0.5) is 0 Å². The van der Waals surface area contributed by atoms with Crippen LogP contribution in [0.25, 0.3) is 0 Å². The van der Waals surface area contributed by atoms with Crippen molar-refractivity contribution in [1.29, 1.82) is 0 Å². The van der Waals surface area contributed by atoms with Gasteiger partial charge in [0, 0.05) is 12.1 Å². The molecule has 1 atom stereocenters. The highest BCUT2D eigenvalue weighted by Gasteiger charge is 2.29. The van der Waals surface area contributed by atoms with Gasteiger partial charge >= 0.3 is 5.97 Å². The van der Waals surface area contributed by atoms with Crippen molar-refractivity contribution in [2.24, 2.45) is 5.73 Å². The number of hydrogen-bond acceptors (Lipinski definition) is 3. The summed E-state index contributed by atoms with van der Waals surface area (Å²) >= 11 is 6.15. The van der Waals surface area contributed by atoms with E-state index in [1.165, 1.54) is 0 Å². The predicted molar refractivity (Wildman–Crippen MR) is 69.3 cm³/mol. The first-order valence-corrected chi connectivity index (χ1v) is 6.30. The summed E-state index contributed by atoms with van der Waals surface area (Å²) in [5.41, 5.74) is 7.01. The average molecular weight is 270 g/mol. The molecule has 0 heterocycles. The van der Waals surface area contributed by atoms with E-state index >= 15 is 0 Å². The number of nitrogens with two attached hydrogens (primary N) is 1. The minimum Gasteiger partial charge on any atom is -0.489 e. The number of carbonyl (C=O) groups is 1. The number of benzene rings is 1. The van der Waals surface area contributed by atoms with Crippen molar-refractivity contribution < 1.29 is 14.6 Å². The van der Waals surface area contributed by atoms with Gasteiger partial charge in [-0.05, 0) is 31.4 Å². The molecule has 1 aromatic rings. The van der Waals surface area contributed by atoms with Crippen molar-refractivity contribution in [3.05, 3.63) is 28.3 Å².